The van der Waals surface area contributed by atoms with Gasteiger partial charge in [-0.1, -0.05) is 12.1 Å². The molecule has 1 atom stereocenters. The molecule has 3 rings (SSSR count). The molecule has 1 aliphatic rings. The fourth-order valence-electron chi connectivity index (χ4n) is 2.45. The van der Waals surface area contributed by atoms with Crippen LogP contribution in [0.25, 0.3) is 5.69 Å². The fourth-order valence-corrected chi connectivity index (χ4v) is 2.45. The number of hydrogen-bond acceptors (Lipinski definition) is 3. The van der Waals surface area contributed by atoms with Crippen molar-refractivity contribution in [2.45, 2.75) is 24.9 Å². The molecule has 2 aromatic rings. The molecule has 132 valence electrons. The van der Waals surface area contributed by atoms with Crippen molar-refractivity contribution in [1.82, 2.24) is 20.2 Å². The van der Waals surface area contributed by atoms with Crippen LogP contribution in [0.5, 0.6) is 0 Å². The van der Waals surface area contributed by atoms with E-state index in [4.69, 9.17) is 0 Å². The molecule has 0 spiro atoms. The van der Waals surface area contributed by atoms with Crippen LogP contribution in [-0.4, -0.2) is 34.0 Å². The summed E-state index contributed by atoms with van der Waals surface area (Å²) in [7, 11) is 0. The number of imidazole rings is 1. The molecule has 1 aliphatic heterocycles. The molecule has 1 aromatic carbocycles. The molecular formula is C15H18Cl2F2N4O. The maximum atomic E-state index is 13.1. The first kappa shape index (κ1) is 20.3. The number of alkyl halides is 2. The van der Waals surface area contributed by atoms with Crippen molar-refractivity contribution in [3.05, 3.63) is 48.5 Å². The third-order valence-electron chi connectivity index (χ3n) is 3.61. The number of nitrogens with one attached hydrogen (secondary N) is 2. The highest BCUT2D eigenvalue weighted by molar-refractivity contribution is 5.85. The van der Waals surface area contributed by atoms with Crippen LogP contribution in [-0.2, 0) is 11.3 Å². The zero-order valence-electron chi connectivity index (χ0n) is 12.6. The number of nitrogens with zero attached hydrogens (tertiary/aromatic N) is 2. The highest BCUT2D eigenvalue weighted by Gasteiger charge is 2.42. The molecule has 2 heterocycles. The molecule has 1 amide bonds. The van der Waals surface area contributed by atoms with Gasteiger partial charge in [-0.15, -0.1) is 24.8 Å². The lowest BCUT2D eigenvalue weighted by atomic mass is 10.1. The summed E-state index contributed by atoms with van der Waals surface area (Å²) < 4.78 is 28.0. The van der Waals surface area contributed by atoms with Gasteiger partial charge < -0.3 is 9.88 Å². The summed E-state index contributed by atoms with van der Waals surface area (Å²) in [4.78, 5) is 15.9. The smallest absolute Gasteiger partial charge is 0.262 e. The van der Waals surface area contributed by atoms with Crippen LogP contribution < -0.4 is 10.6 Å². The number of aromatic nitrogens is 2. The van der Waals surface area contributed by atoms with Gasteiger partial charge in [-0.2, -0.15) is 0 Å². The van der Waals surface area contributed by atoms with Crippen molar-refractivity contribution in [1.29, 1.82) is 0 Å². The monoisotopic (exact) mass is 378 g/mol. The van der Waals surface area contributed by atoms with Gasteiger partial charge in [-0.3, -0.25) is 10.1 Å². The van der Waals surface area contributed by atoms with Crippen molar-refractivity contribution in [2.24, 2.45) is 0 Å². The van der Waals surface area contributed by atoms with E-state index in [1.807, 2.05) is 35.0 Å². The molecule has 5 nitrogen and oxygen atoms in total. The lowest BCUT2D eigenvalue weighted by molar-refractivity contribution is -0.123. The van der Waals surface area contributed by atoms with Gasteiger partial charge in [-0.25, -0.2) is 13.8 Å². The lowest BCUT2D eigenvalue weighted by Gasteiger charge is -2.12. The van der Waals surface area contributed by atoms with E-state index in [1.54, 1.807) is 12.5 Å². The SMILES string of the molecule is Cl.Cl.O=C(NCc1cccc(-n2ccnc2)c1)C1CC(F)(F)CN1. The van der Waals surface area contributed by atoms with E-state index in [-0.39, 0.29) is 24.8 Å². The number of benzene rings is 1. The van der Waals surface area contributed by atoms with Gasteiger partial charge >= 0.3 is 0 Å². The van der Waals surface area contributed by atoms with Crippen molar-refractivity contribution in [3.8, 4) is 5.69 Å². The highest BCUT2D eigenvalue weighted by atomic mass is 35.5. The first-order valence-electron chi connectivity index (χ1n) is 7.00. The first-order valence-corrected chi connectivity index (χ1v) is 7.00. The largest absolute Gasteiger partial charge is 0.351 e. The number of hydrogen-bond donors (Lipinski definition) is 2. The summed E-state index contributed by atoms with van der Waals surface area (Å²) in [6.07, 6.45) is 4.73. The van der Waals surface area contributed by atoms with Gasteiger partial charge in [0.15, 0.2) is 0 Å². The third kappa shape index (κ3) is 4.90. The Balaban J connectivity index is 0.00000144. The number of rotatable bonds is 4. The zero-order chi connectivity index (χ0) is 15.6. The average molecular weight is 379 g/mol. The van der Waals surface area contributed by atoms with E-state index in [0.29, 0.717) is 6.54 Å². The summed E-state index contributed by atoms with van der Waals surface area (Å²) in [5.74, 6) is -3.20. The summed E-state index contributed by atoms with van der Waals surface area (Å²) >= 11 is 0. The lowest BCUT2D eigenvalue weighted by Crippen LogP contribution is -2.40. The van der Waals surface area contributed by atoms with E-state index in [9.17, 15) is 13.6 Å². The number of carbonyl (C=O) groups is 1. The van der Waals surface area contributed by atoms with Gasteiger partial charge in [-0.05, 0) is 17.7 Å². The van der Waals surface area contributed by atoms with E-state index in [0.717, 1.165) is 11.3 Å². The molecule has 0 radical (unpaired) electrons. The Morgan fingerprint density at radius 1 is 1.42 bits per heavy atom. The Labute approximate surface area is 150 Å². The first-order chi connectivity index (χ1) is 10.5. The highest BCUT2D eigenvalue weighted by Crippen LogP contribution is 2.25. The molecule has 1 unspecified atom stereocenters. The van der Waals surface area contributed by atoms with Gasteiger partial charge in [0.05, 0.1) is 18.9 Å². The molecule has 1 fully saturated rings. The Bertz CT molecular complexity index is 667. The predicted molar refractivity (Wildman–Crippen MR) is 91.3 cm³/mol. The van der Waals surface area contributed by atoms with Gasteiger partial charge in [0.25, 0.3) is 5.92 Å². The van der Waals surface area contributed by atoms with Gasteiger partial charge in [0, 0.05) is 31.0 Å². The second-order valence-corrected chi connectivity index (χ2v) is 5.35. The molecule has 1 saturated heterocycles. The zero-order valence-corrected chi connectivity index (χ0v) is 14.2. The predicted octanol–water partition coefficient (Wildman–Crippen LogP) is 2.33. The fraction of sp³-hybridized carbons (Fsp3) is 0.333. The molecule has 24 heavy (non-hydrogen) atoms. The molecule has 2 N–H and O–H groups in total. The number of halogens is 4. The standard InChI is InChI=1S/C15H16F2N4O.2ClH/c16-15(17)7-13(20-9-15)14(22)19-8-11-2-1-3-12(6-11)21-5-4-18-10-21;;/h1-6,10,13,20H,7-9H2,(H,19,22);2*1H. The summed E-state index contributed by atoms with van der Waals surface area (Å²) in [5.41, 5.74) is 1.82. The van der Waals surface area contributed by atoms with Gasteiger partial charge in [0.2, 0.25) is 5.91 Å². The molecule has 0 bridgehead atoms. The minimum atomic E-state index is -2.80. The second-order valence-electron chi connectivity index (χ2n) is 5.35. The van der Waals surface area contributed by atoms with Crippen molar-refractivity contribution in [3.63, 3.8) is 0 Å². The van der Waals surface area contributed by atoms with Crippen molar-refractivity contribution >= 4 is 30.7 Å². The van der Waals surface area contributed by atoms with Crippen molar-refractivity contribution < 1.29 is 13.6 Å². The minimum Gasteiger partial charge on any atom is -0.351 e. The Morgan fingerprint density at radius 3 is 2.83 bits per heavy atom. The summed E-state index contributed by atoms with van der Waals surface area (Å²) in [6.45, 7) is -0.147. The third-order valence-corrected chi connectivity index (χ3v) is 3.61. The molecule has 9 heteroatoms. The van der Waals surface area contributed by atoms with Crippen LogP contribution in [0, 0.1) is 0 Å². The Morgan fingerprint density at radius 2 is 2.21 bits per heavy atom. The summed E-state index contributed by atoms with van der Waals surface area (Å²) in [6, 6.07) is 6.76. The second kappa shape index (κ2) is 8.41. The van der Waals surface area contributed by atoms with Crippen LogP contribution in [0.3, 0.4) is 0 Å². The number of amides is 1. The van der Waals surface area contributed by atoms with E-state index in [2.05, 4.69) is 15.6 Å². The molecular weight excluding hydrogens is 361 g/mol. The normalized spacial score (nSPS) is 18.3. The van der Waals surface area contributed by atoms with Gasteiger partial charge in [0.1, 0.15) is 0 Å². The summed E-state index contributed by atoms with van der Waals surface area (Å²) in [5, 5.41) is 5.23. The Kier molecular flexibility index (Phi) is 7.13. The minimum absolute atomic E-state index is 0. The molecule has 0 saturated carbocycles. The van der Waals surface area contributed by atoms with Crippen LogP contribution in [0.2, 0.25) is 0 Å². The average Bonchev–Trinajstić information content (AvgIpc) is 3.14. The van der Waals surface area contributed by atoms with Crippen LogP contribution in [0.4, 0.5) is 8.78 Å². The van der Waals surface area contributed by atoms with Crippen LogP contribution in [0.15, 0.2) is 43.0 Å². The number of carbonyl (C=O) groups excluding carboxylic acids is 1. The van der Waals surface area contributed by atoms with Crippen LogP contribution in [0.1, 0.15) is 12.0 Å². The van der Waals surface area contributed by atoms with Crippen LogP contribution >= 0.6 is 24.8 Å². The van der Waals surface area contributed by atoms with E-state index < -0.39 is 30.8 Å². The maximum Gasteiger partial charge on any atom is 0.262 e. The van der Waals surface area contributed by atoms with Crippen molar-refractivity contribution in [2.75, 3.05) is 6.54 Å². The topological polar surface area (TPSA) is 59.0 Å². The molecule has 1 aromatic heterocycles. The molecule has 0 aliphatic carbocycles. The van der Waals surface area contributed by atoms with E-state index >= 15 is 0 Å². The Hall–Kier alpha value is -1.70. The maximum absolute atomic E-state index is 13.1. The van der Waals surface area contributed by atoms with E-state index in [1.165, 1.54) is 0 Å². The quantitative estimate of drug-likeness (QED) is 0.858.